The van der Waals surface area contributed by atoms with Crippen LogP contribution in [0, 0.1) is 0 Å². The number of hydrogen-bond acceptors (Lipinski definition) is 4. The molecular formula is C24H21NO4. The summed E-state index contributed by atoms with van der Waals surface area (Å²) in [4.78, 5) is 25.2. The monoisotopic (exact) mass is 387 g/mol. The Labute approximate surface area is 169 Å². The van der Waals surface area contributed by atoms with Crippen molar-refractivity contribution in [3.05, 3.63) is 82.9 Å². The molecule has 29 heavy (non-hydrogen) atoms. The van der Waals surface area contributed by atoms with Gasteiger partial charge in [-0.3, -0.25) is 9.59 Å². The second-order valence-corrected chi connectivity index (χ2v) is 6.82. The van der Waals surface area contributed by atoms with Crippen LogP contribution in [-0.4, -0.2) is 32.5 Å². The fourth-order valence-electron chi connectivity index (χ4n) is 3.64. The smallest absolute Gasteiger partial charge is 0.251 e. The summed E-state index contributed by atoms with van der Waals surface area (Å²) in [5.41, 5.74) is 4.53. The highest BCUT2D eigenvalue weighted by Gasteiger charge is 2.26. The van der Waals surface area contributed by atoms with Gasteiger partial charge in [-0.1, -0.05) is 36.4 Å². The summed E-state index contributed by atoms with van der Waals surface area (Å²) in [6, 6.07) is 18.4. The minimum Gasteiger partial charge on any atom is -0.497 e. The van der Waals surface area contributed by atoms with Gasteiger partial charge in [0, 0.05) is 29.3 Å². The number of ether oxygens (including phenoxy) is 2. The lowest BCUT2D eigenvalue weighted by molar-refractivity contribution is 0.0954. The van der Waals surface area contributed by atoms with E-state index in [4.69, 9.17) is 9.47 Å². The first-order valence-corrected chi connectivity index (χ1v) is 9.39. The summed E-state index contributed by atoms with van der Waals surface area (Å²) in [5.74, 6) is 1.20. The van der Waals surface area contributed by atoms with Crippen molar-refractivity contribution in [1.82, 2.24) is 5.32 Å². The summed E-state index contributed by atoms with van der Waals surface area (Å²) in [7, 11) is 3.21. The third-order valence-corrected chi connectivity index (χ3v) is 5.16. The summed E-state index contributed by atoms with van der Waals surface area (Å²) < 4.78 is 10.6. The first-order valence-electron chi connectivity index (χ1n) is 9.39. The fourth-order valence-corrected chi connectivity index (χ4v) is 3.64. The number of ketones is 1. The average molecular weight is 387 g/mol. The molecule has 0 saturated heterocycles. The van der Waals surface area contributed by atoms with Crippen molar-refractivity contribution in [2.45, 2.75) is 6.42 Å². The van der Waals surface area contributed by atoms with Crippen LogP contribution in [0.4, 0.5) is 0 Å². The molecule has 3 aromatic rings. The molecule has 5 heteroatoms. The first-order chi connectivity index (χ1) is 14.1. The highest BCUT2D eigenvalue weighted by Crippen LogP contribution is 2.36. The van der Waals surface area contributed by atoms with Crippen molar-refractivity contribution < 1.29 is 19.1 Å². The number of nitrogens with one attached hydrogen (secondary N) is 1. The Morgan fingerprint density at radius 2 is 1.62 bits per heavy atom. The van der Waals surface area contributed by atoms with Gasteiger partial charge in [0.05, 0.1) is 14.2 Å². The predicted molar refractivity (Wildman–Crippen MR) is 111 cm³/mol. The number of rotatable bonds is 6. The third-order valence-electron chi connectivity index (χ3n) is 5.16. The number of fused-ring (bicyclic) bond motifs is 3. The van der Waals surface area contributed by atoms with Crippen LogP contribution in [0.25, 0.3) is 11.1 Å². The quantitative estimate of drug-likeness (QED) is 0.545. The van der Waals surface area contributed by atoms with Crippen LogP contribution in [-0.2, 0) is 6.42 Å². The zero-order valence-electron chi connectivity index (χ0n) is 16.3. The van der Waals surface area contributed by atoms with E-state index in [0.29, 0.717) is 29.7 Å². The first kappa shape index (κ1) is 18.7. The topological polar surface area (TPSA) is 64.6 Å². The number of hydrogen-bond donors (Lipinski definition) is 1. The van der Waals surface area contributed by atoms with Gasteiger partial charge in [0.15, 0.2) is 5.78 Å². The minimum absolute atomic E-state index is 0.0341. The molecule has 0 unspecified atom stereocenters. The van der Waals surface area contributed by atoms with Crippen molar-refractivity contribution in [3.63, 3.8) is 0 Å². The molecule has 0 aromatic heterocycles. The van der Waals surface area contributed by atoms with Crippen LogP contribution < -0.4 is 14.8 Å². The molecule has 5 nitrogen and oxygen atoms in total. The maximum atomic E-state index is 12.6. The molecule has 1 aliphatic carbocycles. The van der Waals surface area contributed by atoms with Crippen molar-refractivity contribution in [1.29, 1.82) is 0 Å². The molecular weight excluding hydrogens is 366 g/mol. The zero-order valence-corrected chi connectivity index (χ0v) is 16.3. The average Bonchev–Trinajstić information content (AvgIpc) is 3.05. The van der Waals surface area contributed by atoms with E-state index in [1.54, 1.807) is 26.4 Å². The molecule has 4 rings (SSSR count). The van der Waals surface area contributed by atoms with Gasteiger partial charge in [0.2, 0.25) is 0 Å². The van der Waals surface area contributed by atoms with E-state index in [-0.39, 0.29) is 11.7 Å². The molecule has 146 valence electrons. The Bertz CT molecular complexity index is 1100. The van der Waals surface area contributed by atoms with Crippen molar-refractivity contribution in [2.75, 3.05) is 20.8 Å². The van der Waals surface area contributed by atoms with Gasteiger partial charge < -0.3 is 14.8 Å². The van der Waals surface area contributed by atoms with E-state index in [2.05, 4.69) is 5.32 Å². The Hall–Kier alpha value is -3.60. The fraction of sp³-hybridized carbons (Fsp3) is 0.167. The Kier molecular flexibility index (Phi) is 5.04. The maximum absolute atomic E-state index is 12.6. The molecule has 1 N–H and O–H groups in total. The van der Waals surface area contributed by atoms with Crippen LogP contribution in [0.5, 0.6) is 11.5 Å². The largest absolute Gasteiger partial charge is 0.497 e. The van der Waals surface area contributed by atoms with E-state index >= 15 is 0 Å². The van der Waals surface area contributed by atoms with Gasteiger partial charge >= 0.3 is 0 Å². The second-order valence-electron chi connectivity index (χ2n) is 6.82. The number of amides is 1. The molecule has 1 amide bonds. The molecule has 3 aromatic carbocycles. The van der Waals surface area contributed by atoms with Crippen LogP contribution in [0.15, 0.2) is 60.7 Å². The maximum Gasteiger partial charge on any atom is 0.251 e. The lowest BCUT2D eigenvalue weighted by atomic mass is 10.0. The van der Waals surface area contributed by atoms with Crippen LogP contribution in [0.3, 0.4) is 0 Å². The molecule has 0 fully saturated rings. The van der Waals surface area contributed by atoms with Crippen LogP contribution in [0.1, 0.15) is 31.8 Å². The second kappa shape index (κ2) is 7.80. The SMILES string of the molecule is COc1ccc(CCNC(=O)c2ccc3c(c2)C(=O)c2ccccc2-3)c(OC)c1. The van der Waals surface area contributed by atoms with Gasteiger partial charge in [-0.2, -0.15) is 0 Å². The molecule has 0 saturated carbocycles. The lowest BCUT2D eigenvalue weighted by Crippen LogP contribution is -2.26. The van der Waals surface area contributed by atoms with E-state index in [1.807, 2.05) is 48.5 Å². The highest BCUT2D eigenvalue weighted by molar-refractivity contribution is 6.22. The number of methoxy groups -OCH3 is 2. The standard InChI is InChI=1S/C24H21NO4/c1-28-17-9-7-15(22(14-17)29-2)11-12-25-24(27)16-8-10-19-18-5-3-4-6-20(18)23(26)21(19)13-16/h3-10,13-14H,11-12H2,1-2H3,(H,25,27). The summed E-state index contributed by atoms with van der Waals surface area (Å²) >= 11 is 0. The van der Waals surface area contributed by atoms with Crippen molar-refractivity contribution in [2.24, 2.45) is 0 Å². The van der Waals surface area contributed by atoms with E-state index in [0.717, 1.165) is 28.2 Å². The summed E-state index contributed by atoms with van der Waals surface area (Å²) in [5, 5.41) is 2.92. The highest BCUT2D eigenvalue weighted by atomic mass is 16.5. The number of benzene rings is 3. The van der Waals surface area contributed by atoms with Crippen LogP contribution in [0.2, 0.25) is 0 Å². The van der Waals surface area contributed by atoms with E-state index < -0.39 is 0 Å². The molecule has 0 bridgehead atoms. The molecule has 0 atom stereocenters. The Balaban J connectivity index is 1.45. The molecule has 0 radical (unpaired) electrons. The minimum atomic E-state index is -0.205. The third kappa shape index (κ3) is 3.47. The number of carbonyl (C=O) groups excluding carboxylic acids is 2. The summed E-state index contributed by atoms with van der Waals surface area (Å²) in [6.07, 6.45) is 0.619. The zero-order chi connectivity index (χ0) is 20.4. The van der Waals surface area contributed by atoms with Crippen LogP contribution >= 0.6 is 0 Å². The van der Waals surface area contributed by atoms with Gasteiger partial charge in [-0.25, -0.2) is 0 Å². The molecule has 0 spiro atoms. The van der Waals surface area contributed by atoms with Gasteiger partial charge in [-0.15, -0.1) is 0 Å². The number of carbonyl (C=O) groups is 2. The van der Waals surface area contributed by atoms with Gasteiger partial charge in [0.1, 0.15) is 11.5 Å². The Morgan fingerprint density at radius 3 is 2.38 bits per heavy atom. The van der Waals surface area contributed by atoms with Crippen molar-refractivity contribution >= 4 is 11.7 Å². The Morgan fingerprint density at radius 1 is 0.862 bits per heavy atom. The van der Waals surface area contributed by atoms with E-state index in [1.165, 1.54) is 0 Å². The predicted octanol–water partition coefficient (Wildman–Crippen LogP) is 3.89. The lowest BCUT2D eigenvalue weighted by Gasteiger charge is -2.11. The van der Waals surface area contributed by atoms with Gasteiger partial charge in [-0.05, 0) is 41.3 Å². The normalized spacial score (nSPS) is 11.6. The molecule has 0 heterocycles. The molecule has 0 aliphatic heterocycles. The summed E-state index contributed by atoms with van der Waals surface area (Å²) in [6.45, 7) is 0.451. The molecule has 1 aliphatic rings. The van der Waals surface area contributed by atoms with Gasteiger partial charge in [0.25, 0.3) is 5.91 Å². The van der Waals surface area contributed by atoms with Crippen molar-refractivity contribution in [3.8, 4) is 22.6 Å². The van der Waals surface area contributed by atoms with E-state index in [9.17, 15) is 9.59 Å².